The summed E-state index contributed by atoms with van der Waals surface area (Å²) in [7, 11) is -3.79. The molecule has 0 aliphatic rings. The minimum absolute atomic E-state index is 0.0446. The highest BCUT2D eigenvalue weighted by molar-refractivity contribution is 7.95. The second-order valence-electron chi connectivity index (χ2n) is 5.00. The van der Waals surface area contributed by atoms with Crippen molar-refractivity contribution in [2.24, 2.45) is 5.14 Å². The molecule has 0 saturated heterocycles. The maximum Gasteiger partial charge on any atom is 0.247 e. The Balaban J connectivity index is 2.36. The van der Waals surface area contributed by atoms with Crippen LogP contribution < -0.4 is 5.14 Å². The van der Waals surface area contributed by atoms with Gasteiger partial charge in [0.05, 0.1) is 4.90 Å². The molecule has 0 spiro atoms. The summed E-state index contributed by atoms with van der Waals surface area (Å²) in [6, 6.07) is 8.97. The molecule has 6 nitrogen and oxygen atoms in total. The predicted molar refractivity (Wildman–Crippen MR) is 85.0 cm³/mol. The van der Waals surface area contributed by atoms with Gasteiger partial charge in [0.15, 0.2) is 0 Å². The largest absolute Gasteiger partial charge is 0.305 e. The predicted octanol–water partition coefficient (Wildman–Crippen LogP) is 1.29. The van der Waals surface area contributed by atoms with E-state index in [1.165, 1.54) is 24.3 Å². The number of benzene rings is 1. The molecule has 0 radical (unpaired) electrons. The number of nitrogens with two attached hydrogens (primary N) is 1. The first-order valence-electron chi connectivity index (χ1n) is 6.22. The van der Waals surface area contributed by atoms with Crippen molar-refractivity contribution in [3.05, 3.63) is 42.0 Å². The van der Waals surface area contributed by atoms with Crippen LogP contribution in [0.2, 0.25) is 0 Å². The number of thiophene rings is 1. The van der Waals surface area contributed by atoms with E-state index >= 15 is 0 Å². The van der Waals surface area contributed by atoms with Gasteiger partial charge in [0.1, 0.15) is 8.42 Å². The molecule has 0 fully saturated rings. The first kappa shape index (κ1) is 17.1. The molecule has 120 valence electrons. The van der Waals surface area contributed by atoms with E-state index in [2.05, 4.69) is 0 Å². The van der Waals surface area contributed by atoms with Gasteiger partial charge < -0.3 is 4.90 Å². The van der Waals surface area contributed by atoms with Gasteiger partial charge in [-0.1, -0.05) is 12.1 Å². The maximum atomic E-state index is 12.5. The Morgan fingerprint density at radius 3 is 1.95 bits per heavy atom. The Hall–Kier alpha value is -1.26. The average Bonchev–Trinajstić information content (AvgIpc) is 2.88. The highest BCUT2D eigenvalue weighted by Crippen LogP contribution is 2.29. The molecule has 1 aromatic heterocycles. The van der Waals surface area contributed by atoms with Gasteiger partial charge in [0, 0.05) is 6.54 Å². The van der Waals surface area contributed by atoms with Gasteiger partial charge in [0.2, 0.25) is 19.9 Å². The molecule has 2 rings (SSSR count). The van der Waals surface area contributed by atoms with E-state index in [1.807, 2.05) is 19.0 Å². The van der Waals surface area contributed by atoms with Gasteiger partial charge in [-0.3, -0.25) is 0 Å². The van der Waals surface area contributed by atoms with Crippen molar-refractivity contribution >= 4 is 31.2 Å². The number of sulfonamides is 1. The lowest BCUT2D eigenvalue weighted by Gasteiger charge is -2.10. The molecule has 0 aliphatic carbocycles. The number of hydrogen-bond acceptors (Lipinski definition) is 6. The fourth-order valence-electron chi connectivity index (χ4n) is 1.86. The molecule has 2 aromatic rings. The van der Waals surface area contributed by atoms with E-state index in [0.717, 1.165) is 5.56 Å². The van der Waals surface area contributed by atoms with Crippen LogP contribution in [0.15, 0.2) is 49.7 Å². The molecule has 0 amide bonds. The molecule has 1 heterocycles. The van der Waals surface area contributed by atoms with Gasteiger partial charge in [-0.25, -0.2) is 22.0 Å². The summed E-state index contributed by atoms with van der Waals surface area (Å²) in [5.74, 6) is 0. The van der Waals surface area contributed by atoms with Crippen LogP contribution in [0.1, 0.15) is 5.56 Å². The minimum Gasteiger partial charge on any atom is -0.305 e. The summed E-state index contributed by atoms with van der Waals surface area (Å²) < 4.78 is 47.2. The van der Waals surface area contributed by atoms with Crippen molar-refractivity contribution < 1.29 is 16.8 Å². The zero-order valence-electron chi connectivity index (χ0n) is 12.1. The standard InChI is InChI=1S/C13H16N2O4S3/c1-15(2)9-10-3-5-11(6-4-10)21(16,17)12-7-8-13(20-12)22(14,18)19/h3-8H,9H2,1-2H3,(H2,14,18,19). The fraction of sp³-hybridized carbons (Fsp3) is 0.231. The summed E-state index contributed by atoms with van der Waals surface area (Å²) in [5.41, 5.74) is 0.986. The SMILES string of the molecule is CN(C)Cc1ccc(S(=O)(=O)c2ccc(S(N)(=O)=O)s2)cc1. The van der Waals surface area contributed by atoms with Gasteiger partial charge in [-0.15, -0.1) is 11.3 Å². The van der Waals surface area contributed by atoms with Gasteiger partial charge in [-0.05, 0) is 43.9 Å². The van der Waals surface area contributed by atoms with E-state index in [1.54, 1.807) is 12.1 Å². The van der Waals surface area contributed by atoms with E-state index in [4.69, 9.17) is 5.14 Å². The molecule has 0 aliphatic heterocycles. The highest BCUT2D eigenvalue weighted by atomic mass is 32.3. The molecule has 0 saturated carbocycles. The number of primary sulfonamides is 1. The zero-order chi connectivity index (χ0) is 16.5. The molecular weight excluding hydrogens is 344 g/mol. The summed E-state index contributed by atoms with van der Waals surface area (Å²) >= 11 is 0.647. The molecule has 0 atom stereocenters. The van der Waals surface area contributed by atoms with Crippen LogP contribution in [0.3, 0.4) is 0 Å². The molecule has 9 heteroatoms. The van der Waals surface area contributed by atoms with Crippen molar-refractivity contribution in [3.8, 4) is 0 Å². The Morgan fingerprint density at radius 2 is 1.50 bits per heavy atom. The number of nitrogens with zero attached hydrogens (tertiary/aromatic N) is 1. The van der Waals surface area contributed by atoms with Gasteiger partial charge >= 0.3 is 0 Å². The van der Waals surface area contributed by atoms with Crippen molar-refractivity contribution in [2.75, 3.05) is 14.1 Å². The van der Waals surface area contributed by atoms with Gasteiger partial charge in [-0.2, -0.15) is 0 Å². The molecule has 0 unspecified atom stereocenters. The average molecular weight is 360 g/mol. The van der Waals surface area contributed by atoms with Crippen LogP contribution in [0, 0.1) is 0 Å². The van der Waals surface area contributed by atoms with Crippen LogP contribution in [0.5, 0.6) is 0 Å². The summed E-state index contributed by atoms with van der Waals surface area (Å²) in [5, 5.41) is 5.00. The Bertz CT molecular complexity index is 866. The normalized spacial score (nSPS) is 12.7. The summed E-state index contributed by atoms with van der Waals surface area (Å²) in [6.07, 6.45) is 0. The summed E-state index contributed by atoms with van der Waals surface area (Å²) in [4.78, 5) is 2.10. The molecule has 0 bridgehead atoms. The second-order valence-corrected chi connectivity index (χ2v) is 10.1. The summed E-state index contributed by atoms with van der Waals surface area (Å²) in [6.45, 7) is 0.703. The third-order valence-corrected chi connectivity index (χ3v) is 7.62. The van der Waals surface area contributed by atoms with E-state index in [9.17, 15) is 16.8 Å². The van der Waals surface area contributed by atoms with Crippen LogP contribution in [0.4, 0.5) is 0 Å². The molecule has 22 heavy (non-hydrogen) atoms. The number of sulfone groups is 1. The highest BCUT2D eigenvalue weighted by Gasteiger charge is 2.22. The maximum absolute atomic E-state index is 12.5. The van der Waals surface area contributed by atoms with Crippen molar-refractivity contribution in [1.29, 1.82) is 0 Å². The van der Waals surface area contributed by atoms with Crippen molar-refractivity contribution in [3.63, 3.8) is 0 Å². The molecular formula is C13H16N2O4S3. The monoisotopic (exact) mass is 360 g/mol. The second kappa shape index (κ2) is 6.09. The van der Waals surface area contributed by atoms with E-state index in [-0.39, 0.29) is 13.3 Å². The first-order valence-corrected chi connectivity index (χ1v) is 10.1. The van der Waals surface area contributed by atoms with E-state index in [0.29, 0.717) is 17.9 Å². The Kier molecular flexibility index (Phi) is 4.73. The topological polar surface area (TPSA) is 97.5 Å². The third kappa shape index (κ3) is 3.73. The quantitative estimate of drug-likeness (QED) is 0.866. The van der Waals surface area contributed by atoms with Crippen LogP contribution in [0.25, 0.3) is 0 Å². The fourth-order valence-corrected chi connectivity index (χ4v) is 5.45. The van der Waals surface area contributed by atoms with Crippen LogP contribution in [-0.4, -0.2) is 35.8 Å². The number of hydrogen-bond donors (Lipinski definition) is 1. The van der Waals surface area contributed by atoms with Crippen LogP contribution >= 0.6 is 11.3 Å². The van der Waals surface area contributed by atoms with E-state index < -0.39 is 19.9 Å². The lowest BCUT2D eigenvalue weighted by molar-refractivity contribution is 0.402. The third-order valence-electron chi connectivity index (χ3n) is 2.83. The van der Waals surface area contributed by atoms with Gasteiger partial charge in [0.25, 0.3) is 0 Å². The minimum atomic E-state index is -3.90. The first-order chi connectivity index (χ1) is 10.1. The van der Waals surface area contributed by atoms with Crippen molar-refractivity contribution in [2.45, 2.75) is 19.9 Å². The smallest absolute Gasteiger partial charge is 0.247 e. The van der Waals surface area contributed by atoms with Crippen molar-refractivity contribution in [1.82, 2.24) is 4.90 Å². The lowest BCUT2D eigenvalue weighted by atomic mass is 10.2. The lowest BCUT2D eigenvalue weighted by Crippen LogP contribution is -2.10. The molecule has 2 N–H and O–H groups in total. The van der Waals surface area contributed by atoms with Crippen LogP contribution in [-0.2, 0) is 26.4 Å². The zero-order valence-corrected chi connectivity index (χ0v) is 14.5. The molecule has 1 aromatic carbocycles. The number of rotatable bonds is 5. The Morgan fingerprint density at radius 1 is 0.955 bits per heavy atom. The Labute approximate surface area is 134 Å².